The van der Waals surface area contributed by atoms with Gasteiger partial charge in [-0.15, -0.1) is 10.2 Å². The van der Waals surface area contributed by atoms with Gasteiger partial charge < -0.3 is 10.6 Å². The molecule has 0 atom stereocenters. The highest BCUT2D eigenvalue weighted by atomic mass is 16.2. The van der Waals surface area contributed by atoms with Crippen LogP contribution in [-0.2, 0) is 13.1 Å². The molecule has 40 heavy (non-hydrogen) atoms. The molecule has 2 aromatic carbocycles. The Kier molecular flexibility index (Phi) is 6.91. The van der Waals surface area contributed by atoms with Crippen molar-refractivity contribution >= 4 is 11.8 Å². The number of hydrogen-bond acceptors (Lipinski definition) is 7. The minimum absolute atomic E-state index is 0.175. The summed E-state index contributed by atoms with van der Waals surface area (Å²) in [6.45, 7) is 1.70. The summed E-state index contributed by atoms with van der Waals surface area (Å²) in [4.78, 5) is 29.7. The third kappa shape index (κ3) is 5.68. The predicted octanol–water partition coefficient (Wildman–Crippen LogP) is 2.72. The largest absolute Gasteiger partial charge is 0.349 e. The van der Waals surface area contributed by atoms with E-state index in [9.17, 15) is 9.59 Å². The number of carbonyl (C=O) groups is 2. The number of nitrogens with zero attached hydrogens (tertiary/aromatic N) is 7. The molecule has 0 aliphatic carbocycles. The molecule has 7 heterocycles. The summed E-state index contributed by atoms with van der Waals surface area (Å²) in [6, 6.07) is 20.3. The summed E-state index contributed by atoms with van der Waals surface area (Å²) in [7, 11) is 0. The van der Waals surface area contributed by atoms with Gasteiger partial charge in [0.25, 0.3) is 11.8 Å². The topological polar surface area (TPSA) is 133 Å². The van der Waals surface area contributed by atoms with Crippen molar-refractivity contribution in [3.05, 3.63) is 114 Å². The van der Waals surface area contributed by atoms with Crippen LogP contribution < -0.4 is 10.6 Å². The maximum Gasteiger partial charge on any atom is 0.251 e. The molecule has 4 aliphatic heterocycles. The monoisotopic (exact) mass is 531 g/mol. The fraction of sp³-hybridized carbons (Fsp3) is 0.138. The van der Waals surface area contributed by atoms with Gasteiger partial charge in [-0.05, 0) is 47.5 Å². The van der Waals surface area contributed by atoms with E-state index in [0.29, 0.717) is 60.1 Å². The van der Waals surface area contributed by atoms with E-state index in [1.165, 1.54) is 0 Å². The molecule has 2 amide bonds. The van der Waals surface area contributed by atoms with E-state index in [1.807, 2.05) is 54.9 Å². The van der Waals surface area contributed by atoms with E-state index in [0.717, 1.165) is 11.1 Å². The molecule has 3 aromatic heterocycles. The lowest BCUT2D eigenvalue weighted by atomic mass is 10.1. The Morgan fingerprint density at radius 1 is 0.575 bits per heavy atom. The summed E-state index contributed by atoms with van der Waals surface area (Å²) in [6.07, 6.45) is 7.29. The molecular weight excluding hydrogens is 506 g/mol. The van der Waals surface area contributed by atoms with Crippen LogP contribution >= 0.6 is 0 Å². The molecule has 0 spiro atoms. The van der Waals surface area contributed by atoms with Crippen LogP contribution in [0.5, 0.6) is 0 Å². The van der Waals surface area contributed by atoms with Crippen molar-refractivity contribution in [2.75, 3.05) is 13.1 Å². The fourth-order valence-corrected chi connectivity index (χ4v) is 4.28. The third-order valence-corrected chi connectivity index (χ3v) is 6.40. The highest BCUT2D eigenvalue weighted by molar-refractivity contribution is 5.94. The lowest BCUT2D eigenvalue weighted by molar-refractivity contribution is 0.0948. The minimum Gasteiger partial charge on any atom is -0.349 e. The van der Waals surface area contributed by atoms with E-state index in [1.54, 1.807) is 45.8 Å². The van der Waals surface area contributed by atoms with E-state index in [2.05, 4.69) is 31.3 Å². The van der Waals surface area contributed by atoms with Gasteiger partial charge in [-0.2, -0.15) is 0 Å². The summed E-state index contributed by atoms with van der Waals surface area (Å²) in [5.74, 6) is -0.349. The van der Waals surface area contributed by atoms with E-state index < -0.39 is 0 Å². The van der Waals surface area contributed by atoms with Crippen LogP contribution in [-0.4, -0.2) is 59.9 Å². The first-order valence-electron chi connectivity index (χ1n) is 12.8. The molecule has 198 valence electrons. The number of benzene rings is 2. The Balaban J connectivity index is 1.27. The number of rotatable bonds is 0. The number of aromatic nitrogens is 7. The Morgan fingerprint density at radius 3 is 1.48 bits per heavy atom. The van der Waals surface area contributed by atoms with E-state index in [4.69, 9.17) is 4.98 Å². The quantitative estimate of drug-likeness (QED) is 0.294. The second kappa shape index (κ2) is 11.1. The lowest BCUT2D eigenvalue weighted by Gasteiger charge is -2.06. The van der Waals surface area contributed by atoms with Crippen LogP contribution in [0.1, 0.15) is 31.8 Å². The molecule has 0 radical (unpaired) electrons. The first kappa shape index (κ1) is 24.9. The van der Waals surface area contributed by atoms with Crippen molar-refractivity contribution < 1.29 is 9.59 Å². The predicted molar refractivity (Wildman–Crippen MR) is 147 cm³/mol. The summed E-state index contributed by atoms with van der Waals surface area (Å²) in [5.41, 5.74) is 5.70. The molecule has 2 N–H and O–H groups in total. The highest BCUT2D eigenvalue weighted by Gasteiger charge is 2.12. The Morgan fingerprint density at radius 2 is 1.02 bits per heavy atom. The van der Waals surface area contributed by atoms with Crippen molar-refractivity contribution in [2.45, 2.75) is 13.1 Å². The normalized spacial score (nSPS) is 14.8. The summed E-state index contributed by atoms with van der Waals surface area (Å²) >= 11 is 0. The fourth-order valence-electron chi connectivity index (χ4n) is 4.28. The number of hydrogen-bond donors (Lipinski definition) is 2. The Labute approximate surface area is 229 Å². The molecule has 0 unspecified atom stereocenters. The lowest BCUT2D eigenvalue weighted by Crippen LogP contribution is -2.25. The van der Waals surface area contributed by atoms with Gasteiger partial charge in [0.05, 0.1) is 36.9 Å². The first-order chi connectivity index (χ1) is 19.6. The van der Waals surface area contributed by atoms with Crippen molar-refractivity contribution in [2.24, 2.45) is 0 Å². The molecule has 5 aromatic rings. The zero-order chi connectivity index (χ0) is 27.3. The van der Waals surface area contributed by atoms with Gasteiger partial charge in [0.1, 0.15) is 11.4 Å². The smallest absolute Gasteiger partial charge is 0.251 e. The summed E-state index contributed by atoms with van der Waals surface area (Å²) < 4.78 is 3.47. The molecule has 11 heteroatoms. The molecule has 0 saturated carbocycles. The van der Waals surface area contributed by atoms with Crippen LogP contribution in [0.15, 0.2) is 91.3 Å². The first-order valence-corrected chi connectivity index (χ1v) is 12.8. The highest BCUT2D eigenvalue weighted by Crippen LogP contribution is 2.20. The van der Waals surface area contributed by atoms with E-state index in [-0.39, 0.29) is 11.8 Å². The van der Waals surface area contributed by atoms with Gasteiger partial charge >= 0.3 is 0 Å². The van der Waals surface area contributed by atoms with Gasteiger partial charge in [-0.1, -0.05) is 52.9 Å². The van der Waals surface area contributed by atoms with Crippen molar-refractivity contribution in [1.29, 1.82) is 0 Å². The molecule has 10 bridgehead atoms. The zero-order valence-corrected chi connectivity index (χ0v) is 21.4. The van der Waals surface area contributed by atoms with Gasteiger partial charge in [-0.25, -0.2) is 14.3 Å². The maximum atomic E-state index is 12.5. The molecule has 0 saturated heterocycles. The molecule has 0 fully saturated rings. The van der Waals surface area contributed by atoms with Crippen molar-refractivity contribution in [3.63, 3.8) is 0 Å². The van der Waals surface area contributed by atoms with Gasteiger partial charge in [0, 0.05) is 24.2 Å². The summed E-state index contributed by atoms with van der Waals surface area (Å²) in [5, 5.41) is 22.8. The minimum atomic E-state index is -0.175. The Bertz CT molecular complexity index is 1560. The zero-order valence-electron chi connectivity index (χ0n) is 21.4. The SMILES string of the molecule is O=C1NC/C=C\CNC(=O)c2ccc(cc2)Cn2cc(nn2)-c2cccc(n2)-c2cn(nn2)Cc2ccc1cc2. The maximum absolute atomic E-state index is 12.5. The number of pyridine rings is 1. The van der Waals surface area contributed by atoms with Crippen molar-refractivity contribution in [1.82, 2.24) is 45.6 Å². The van der Waals surface area contributed by atoms with Crippen LogP contribution in [0.2, 0.25) is 0 Å². The number of carbonyl (C=O) groups excluding carboxylic acids is 2. The molecule has 9 rings (SSSR count). The average molecular weight is 532 g/mol. The molecule has 4 aliphatic rings. The van der Waals surface area contributed by atoms with Crippen LogP contribution in [0.3, 0.4) is 0 Å². The second-order valence-electron chi connectivity index (χ2n) is 9.30. The van der Waals surface area contributed by atoms with Crippen LogP contribution in [0, 0.1) is 0 Å². The molecule has 11 nitrogen and oxygen atoms in total. The third-order valence-electron chi connectivity index (χ3n) is 6.40. The average Bonchev–Trinajstić information content (AvgIpc) is 3.65. The van der Waals surface area contributed by atoms with E-state index >= 15 is 0 Å². The Hall–Kier alpha value is -5.45. The van der Waals surface area contributed by atoms with Gasteiger partial charge in [0.2, 0.25) is 0 Å². The van der Waals surface area contributed by atoms with Crippen LogP contribution in [0.25, 0.3) is 22.8 Å². The molecular formula is C29H25N9O2. The van der Waals surface area contributed by atoms with Crippen LogP contribution in [0.4, 0.5) is 0 Å². The van der Waals surface area contributed by atoms with Crippen molar-refractivity contribution in [3.8, 4) is 22.8 Å². The van der Waals surface area contributed by atoms with Gasteiger partial charge in [-0.3, -0.25) is 9.59 Å². The standard InChI is InChI=1S/C29H25N9O2/c39-28-22-10-6-20(7-11-22)16-37-18-26(33-35-37)24-4-3-5-25(32-24)27-19-38(36-34-27)17-21-8-12-23(13-9-21)29(40)31-15-2-1-14-30-28/h1-13,18-19H,14-17H2,(H,30,39)(H,31,40)/b2-1-. The second-order valence-corrected chi connectivity index (χ2v) is 9.30. The number of amides is 2. The number of nitrogens with one attached hydrogen (secondary N) is 2. The van der Waals surface area contributed by atoms with Gasteiger partial charge in [0.15, 0.2) is 0 Å².